The van der Waals surface area contributed by atoms with E-state index in [0.717, 1.165) is 0 Å². The van der Waals surface area contributed by atoms with Gasteiger partial charge >= 0.3 is 12.1 Å². The Morgan fingerprint density at radius 2 is 1.83 bits per heavy atom. The molecule has 8 atom stereocenters. The summed E-state index contributed by atoms with van der Waals surface area (Å²) in [6.07, 6.45) is -2.21. The van der Waals surface area contributed by atoms with Crippen molar-refractivity contribution in [3.8, 4) is 0 Å². The van der Waals surface area contributed by atoms with Gasteiger partial charge in [0.25, 0.3) is 0 Å². The van der Waals surface area contributed by atoms with E-state index in [-0.39, 0.29) is 36.4 Å². The maximum atomic E-state index is 14.3. The van der Waals surface area contributed by atoms with E-state index in [1.165, 1.54) is 6.92 Å². The van der Waals surface area contributed by atoms with Crippen molar-refractivity contribution in [2.75, 3.05) is 0 Å². The largest absolute Gasteiger partial charge is 0.462 e. The molecule has 0 unspecified atom stereocenters. The third-order valence-corrected chi connectivity index (χ3v) is 9.29. The molecule has 4 fully saturated rings. The van der Waals surface area contributed by atoms with Crippen LogP contribution in [-0.2, 0) is 14.3 Å². The lowest BCUT2D eigenvalue weighted by atomic mass is 9.41. The fourth-order valence-corrected chi connectivity index (χ4v) is 7.79. The van der Waals surface area contributed by atoms with Gasteiger partial charge in [0, 0.05) is 30.6 Å². The number of alkyl halides is 3. The van der Waals surface area contributed by atoms with Gasteiger partial charge in [0.1, 0.15) is 11.9 Å². The molecular weight excluding hydrogens is 385 g/mol. The van der Waals surface area contributed by atoms with Crippen LogP contribution in [0, 0.1) is 34.5 Å². The summed E-state index contributed by atoms with van der Waals surface area (Å²) >= 11 is 0. The summed E-state index contributed by atoms with van der Waals surface area (Å²) in [6, 6.07) is 0. The Hall–Kier alpha value is -1.11. The molecule has 164 valence electrons. The van der Waals surface area contributed by atoms with Crippen molar-refractivity contribution in [1.82, 2.24) is 0 Å². The maximum Gasteiger partial charge on any atom is 0.394 e. The van der Waals surface area contributed by atoms with Gasteiger partial charge < -0.3 is 9.84 Å². The Labute approximate surface area is 169 Å². The summed E-state index contributed by atoms with van der Waals surface area (Å²) in [4.78, 5) is 23.9. The predicted molar refractivity (Wildman–Crippen MR) is 98.7 cm³/mol. The van der Waals surface area contributed by atoms with Crippen LogP contribution in [0.25, 0.3) is 0 Å². The highest BCUT2D eigenvalue weighted by Crippen LogP contribution is 2.69. The summed E-state index contributed by atoms with van der Waals surface area (Å²) in [7, 11) is 0. The highest BCUT2D eigenvalue weighted by Gasteiger charge is 2.71. The van der Waals surface area contributed by atoms with E-state index in [1.54, 1.807) is 0 Å². The van der Waals surface area contributed by atoms with E-state index < -0.39 is 40.6 Å². The number of rotatable bonds is 1. The van der Waals surface area contributed by atoms with Gasteiger partial charge in [-0.3, -0.25) is 9.59 Å². The van der Waals surface area contributed by atoms with Gasteiger partial charge in [0.15, 0.2) is 0 Å². The van der Waals surface area contributed by atoms with Gasteiger partial charge in [-0.1, -0.05) is 13.8 Å². The lowest BCUT2D eigenvalue weighted by Crippen LogP contribution is -2.69. The fourth-order valence-electron chi connectivity index (χ4n) is 7.79. The van der Waals surface area contributed by atoms with Gasteiger partial charge in [-0.05, 0) is 56.3 Å². The number of ketones is 1. The zero-order chi connectivity index (χ0) is 21.4. The number of aliphatic hydroxyl groups is 1. The second-order valence-electron chi connectivity index (χ2n) is 10.4. The first-order valence-corrected chi connectivity index (χ1v) is 10.8. The lowest BCUT2D eigenvalue weighted by Gasteiger charge is -2.65. The van der Waals surface area contributed by atoms with Gasteiger partial charge in [0.2, 0.25) is 0 Å². The molecule has 0 aromatic heterocycles. The zero-order valence-electron chi connectivity index (χ0n) is 17.3. The molecule has 4 aliphatic rings. The lowest BCUT2D eigenvalue weighted by molar-refractivity contribution is -0.315. The van der Waals surface area contributed by atoms with Gasteiger partial charge in [-0.25, -0.2) is 0 Å². The van der Waals surface area contributed by atoms with Gasteiger partial charge in [-0.15, -0.1) is 0 Å². The molecule has 4 aliphatic carbocycles. The van der Waals surface area contributed by atoms with Crippen molar-refractivity contribution in [2.45, 2.75) is 90.0 Å². The number of carbonyl (C=O) groups excluding carboxylic acids is 2. The SMILES string of the molecule is CC(=O)O[C@H]1CC[C@]2(C)[C@H]3CC[C@]4(C)C(=O)CC[C@H]4[C@@H]3C[C@@H](C(F)(F)F)[C@@]2(O)C1. The van der Waals surface area contributed by atoms with E-state index in [4.69, 9.17) is 4.74 Å². The number of ether oxygens (including phenoxy) is 1. The first-order valence-electron chi connectivity index (χ1n) is 10.8. The minimum atomic E-state index is -4.55. The Morgan fingerprint density at radius 1 is 1.14 bits per heavy atom. The molecule has 0 spiro atoms. The van der Waals surface area contributed by atoms with Crippen molar-refractivity contribution >= 4 is 11.8 Å². The Balaban J connectivity index is 1.74. The van der Waals surface area contributed by atoms with E-state index in [0.29, 0.717) is 38.5 Å². The van der Waals surface area contributed by atoms with E-state index in [9.17, 15) is 27.9 Å². The van der Waals surface area contributed by atoms with Crippen LogP contribution in [0.3, 0.4) is 0 Å². The summed E-state index contributed by atoms with van der Waals surface area (Å²) in [5, 5.41) is 11.6. The number of esters is 1. The molecule has 0 radical (unpaired) electrons. The minimum Gasteiger partial charge on any atom is -0.462 e. The maximum absolute atomic E-state index is 14.3. The number of Topliss-reactive ketones (excluding diaryl/α,β-unsaturated/α-hetero) is 1. The third-order valence-electron chi connectivity index (χ3n) is 9.29. The molecule has 0 aromatic carbocycles. The minimum absolute atomic E-state index is 0.0360. The number of carbonyl (C=O) groups is 2. The molecular formula is C22H31F3O4. The average Bonchev–Trinajstić information content (AvgIpc) is 2.89. The molecule has 29 heavy (non-hydrogen) atoms. The quantitative estimate of drug-likeness (QED) is 0.642. The van der Waals surface area contributed by atoms with Crippen LogP contribution in [0.15, 0.2) is 0 Å². The standard InChI is InChI=1S/C22H31F3O4/c1-12(26)29-13-6-9-20(3)16-7-8-19(2)15(4-5-18(19)27)14(16)10-17(22(23,24)25)21(20,28)11-13/h13-17,28H,4-11H2,1-3H3/t13-,14-,15-,16-,17+,19-,20+,21-/m0/s1. The first kappa shape index (κ1) is 21.1. The topological polar surface area (TPSA) is 63.6 Å². The number of fused-ring (bicyclic) bond motifs is 5. The van der Waals surface area contributed by atoms with Crippen LogP contribution in [0.1, 0.15) is 72.1 Å². The molecule has 0 saturated heterocycles. The van der Waals surface area contributed by atoms with Gasteiger partial charge in [-0.2, -0.15) is 13.2 Å². The molecule has 1 N–H and O–H groups in total. The molecule has 0 aliphatic heterocycles. The molecule has 0 bridgehead atoms. The molecule has 0 amide bonds. The van der Waals surface area contributed by atoms with E-state index in [1.807, 2.05) is 13.8 Å². The average molecular weight is 416 g/mol. The number of halogens is 3. The molecule has 0 heterocycles. The van der Waals surface area contributed by atoms with E-state index >= 15 is 0 Å². The third kappa shape index (κ3) is 2.89. The molecule has 0 aromatic rings. The van der Waals surface area contributed by atoms with Crippen LogP contribution in [0.2, 0.25) is 0 Å². The predicted octanol–water partition coefficient (Wildman–Crippen LogP) is 4.43. The summed E-state index contributed by atoms with van der Waals surface area (Å²) < 4.78 is 48.0. The summed E-state index contributed by atoms with van der Waals surface area (Å²) in [5.74, 6) is -2.49. The fraction of sp³-hybridized carbons (Fsp3) is 0.909. The van der Waals surface area contributed by atoms with Crippen molar-refractivity contribution in [3.63, 3.8) is 0 Å². The molecule has 7 heteroatoms. The summed E-state index contributed by atoms with van der Waals surface area (Å²) in [5.41, 5.74) is -3.38. The Morgan fingerprint density at radius 3 is 2.45 bits per heavy atom. The molecule has 4 saturated carbocycles. The normalized spacial score (nSPS) is 49.8. The Bertz CT molecular complexity index is 721. The number of hydrogen-bond donors (Lipinski definition) is 1. The monoisotopic (exact) mass is 416 g/mol. The van der Waals surface area contributed by atoms with Crippen LogP contribution < -0.4 is 0 Å². The van der Waals surface area contributed by atoms with Crippen molar-refractivity contribution in [3.05, 3.63) is 0 Å². The van der Waals surface area contributed by atoms with Crippen LogP contribution in [-0.4, -0.2) is 34.7 Å². The van der Waals surface area contributed by atoms with Crippen LogP contribution in [0.5, 0.6) is 0 Å². The van der Waals surface area contributed by atoms with E-state index in [2.05, 4.69) is 0 Å². The highest BCUT2D eigenvalue weighted by atomic mass is 19.4. The second kappa shape index (κ2) is 6.44. The zero-order valence-corrected chi connectivity index (χ0v) is 17.3. The molecule has 4 nitrogen and oxygen atoms in total. The highest BCUT2D eigenvalue weighted by molar-refractivity contribution is 5.87. The molecule has 4 rings (SSSR count). The van der Waals surface area contributed by atoms with Crippen molar-refractivity contribution in [2.24, 2.45) is 34.5 Å². The van der Waals surface area contributed by atoms with Crippen LogP contribution >= 0.6 is 0 Å². The summed E-state index contributed by atoms with van der Waals surface area (Å²) in [6.45, 7) is 4.99. The van der Waals surface area contributed by atoms with Crippen molar-refractivity contribution < 1.29 is 32.6 Å². The Kier molecular flexibility index (Phi) is 4.70. The first-order chi connectivity index (χ1) is 13.3. The van der Waals surface area contributed by atoms with Crippen molar-refractivity contribution in [1.29, 1.82) is 0 Å². The number of hydrogen-bond acceptors (Lipinski definition) is 4. The van der Waals surface area contributed by atoms with Crippen LogP contribution in [0.4, 0.5) is 13.2 Å². The van der Waals surface area contributed by atoms with Gasteiger partial charge in [0.05, 0.1) is 11.5 Å². The second-order valence-corrected chi connectivity index (χ2v) is 10.4. The smallest absolute Gasteiger partial charge is 0.394 e.